The van der Waals surface area contributed by atoms with Gasteiger partial charge >= 0.3 is 5.97 Å². The van der Waals surface area contributed by atoms with Crippen LogP contribution in [0.25, 0.3) is 0 Å². The molecule has 2 aromatic rings. The Kier molecular flexibility index (Phi) is 10.8. The SMILES string of the molecule is CC(C)C(NC(=O)C(N)CC(N)=O)C(=O)NC(Cc1ccccc1)C(=O)NC(Cc1cnc[nH]1)C(=O)O. The maximum Gasteiger partial charge on any atom is 0.326 e. The molecule has 37 heavy (non-hydrogen) atoms. The molecule has 13 nitrogen and oxygen atoms in total. The van der Waals surface area contributed by atoms with Crippen LogP contribution in [0.2, 0.25) is 0 Å². The van der Waals surface area contributed by atoms with Crippen molar-refractivity contribution >= 4 is 29.6 Å². The summed E-state index contributed by atoms with van der Waals surface area (Å²) in [7, 11) is 0. The first kappa shape index (κ1) is 29.0. The molecule has 0 aliphatic heterocycles. The van der Waals surface area contributed by atoms with Crippen molar-refractivity contribution in [3.8, 4) is 0 Å². The summed E-state index contributed by atoms with van der Waals surface area (Å²) in [6.07, 6.45) is 2.46. The molecule has 1 heterocycles. The van der Waals surface area contributed by atoms with Crippen LogP contribution in [0.1, 0.15) is 31.5 Å². The summed E-state index contributed by atoms with van der Waals surface area (Å²) in [6.45, 7) is 3.36. The van der Waals surface area contributed by atoms with Crippen LogP contribution >= 0.6 is 0 Å². The van der Waals surface area contributed by atoms with Crippen molar-refractivity contribution in [2.75, 3.05) is 0 Å². The minimum absolute atomic E-state index is 0.0461. The number of H-pyrrole nitrogens is 1. The van der Waals surface area contributed by atoms with Crippen molar-refractivity contribution < 1.29 is 29.1 Å². The molecule has 0 saturated carbocycles. The fourth-order valence-electron chi connectivity index (χ4n) is 3.51. The predicted octanol–water partition coefficient (Wildman–Crippen LogP) is -1.41. The van der Waals surface area contributed by atoms with Crippen LogP contribution in [-0.2, 0) is 36.8 Å². The summed E-state index contributed by atoms with van der Waals surface area (Å²) in [5.74, 6) is -4.58. The molecule has 1 aromatic heterocycles. The fraction of sp³-hybridized carbons (Fsp3) is 0.417. The zero-order chi connectivity index (χ0) is 27.5. The van der Waals surface area contributed by atoms with Gasteiger partial charge in [-0.15, -0.1) is 0 Å². The lowest BCUT2D eigenvalue weighted by Gasteiger charge is -2.27. The Morgan fingerprint density at radius 2 is 1.59 bits per heavy atom. The standard InChI is InChI=1S/C24H33N7O6/c1-13(2)20(31-21(33)16(25)10-19(26)32)23(35)29-17(8-14-6-4-3-5-7-14)22(34)30-18(24(36)37)9-15-11-27-12-28-15/h3-7,11-13,16-18,20H,8-10,25H2,1-2H3,(H2,26,32)(H,27,28)(H,29,35)(H,30,34)(H,31,33)(H,36,37). The van der Waals surface area contributed by atoms with E-state index in [1.165, 1.54) is 12.5 Å². The third kappa shape index (κ3) is 9.37. The van der Waals surface area contributed by atoms with Crippen LogP contribution in [0, 0.1) is 5.92 Å². The molecule has 0 spiro atoms. The molecule has 0 radical (unpaired) electrons. The number of hydrogen-bond acceptors (Lipinski definition) is 7. The summed E-state index contributed by atoms with van der Waals surface area (Å²) in [5.41, 5.74) is 12.0. The monoisotopic (exact) mass is 515 g/mol. The highest BCUT2D eigenvalue weighted by Gasteiger charge is 2.32. The number of primary amides is 1. The van der Waals surface area contributed by atoms with E-state index >= 15 is 0 Å². The van der Waals surface area contributed by atoms with Crippen molar-refractivity contribution in [1.29, 1.82) is 0 Å². The topological polar surface area (TPSA) is 222 Å². The largest absolute Gasteiger partial charge is 0.480 e. The third-order valence-electron chi connectivity index (χ3n) is 5.51. The van der Waals surface area contributed by atoms with Gasteiger partial charge in [0.1, 0.15) is 18.1 Å². The van der Waals surface area contributed by atoms with E-state index in [9.17, 15) is 29.1 Å². The number of aromatic amines is 1. The molecule has 13 heteroatoms. The number of rotatable bonds is 14. The Morgan fingerprint density at radius 1 is 0.946 bits per heavy atom. The van der Waals surface area contributed by atoms with E-state index in [1.54, 1.807) is 44.2 Å². The Hall–Kier alpha value is -4.26. The molecule has 0 saturated heterocycles. The minimum Gasteiger partial charge on any atom is -0.480 e. The highest BCUT2D eigenvalue weighted by atomic mass is 16.4. The van der Waals surface area contributed by atoms with Gasteiger partial charge in [-0.25, -0.2) is 9.78 Å². The van der Waals surface area contributed by atoms with Gasteiger partial charge in [0.2, 0.25) is 23.6 Å². The number of amides is 4. The average Bonchev–Trinajstić information content (AvgIpc) is 3.34. The molecular formula is C24H33N7O6. The Bertz CT molecular complexity index is 1070. The summed E-state index contributed by atoms with van der Waals surface area (Å²) < 4.78 is 0. The maximum atomic E-state index is 13.2. The second-order valence-electron chi connectivity index (χ2n) is 8.94. The first-order valence-electron chi connectivity index (χ1n) is 11.7. The van der Waals surface area contributed by atoms with E-state index in [1.807, 2.05) is 0 Å². The van der Waals surface area contributed by atoms with E-state index in [0.717, 1.165) is 5.56 Å². The van der Waals surface area contributed by atoms with E-state index in [-0.39, 0.29) is 12.8 Å². The molecule has 0 fully saturated rings. The molecule has 0 aliphatic rings. The van der Waals surface area contributed by atoms with Gasteiger partial charge in [0.15, 0.2) is 0 Å². The number of carboxylic acids is 1. The van der Waals surface area contributed by atoms with Crippen LogP contribution in [-0.4, -0.2) is 68.8 Å². The summed E-state index contributed by atoms with van der Waals surface area (Å²) in [4.78, 5) is 68.3. The second kappa shape index (κ2) is 13.7. The van der Waals surface area contributed by atoms with Crippen molar-refractivity contribution in [3.05, 3.63) is 54.1 Å². The molecule has 200 valence electrons. The number of benzene rings is 1. The van der Waals surface area contributed by atoms with Crippen molar-refractivity contribution in [2.45, 2.75) is 57.3 Å². The molecule has 4 atom stereocenters. The van der Waals surface area contributed by atoms with E-state index in [2.05, 4.69) is 25.9 Å². The first-order valence-corrected chi connectivity index (χ1v) is 11.7. The number of imidazole rings is 1. The van der Waals surface area contributed by atoms with Crippen molar-refractivity contribution in [2.24, 2.45) is 17.4 Å². The molecule has 2 rings (SSSR count). The molecule has 4 unspecified atom stereocenters. The zero-order valence-corrected chi connectivity index (χ0v) is 20.6. The molecular weight excluding hydrogens is 482 g/mol. The number of nitrogens with zero attached hydrogens (tertiary/aromatic N) is 1. The van der Waals surface area contributed by atoms with Crippen LogP contribution in [0.5, 0.6) is 0 Å². The fourth-order valence-corrected chi connectivity index (χ4v) is 3.51. The number of hydrogen-bond donors (Lipinski definition) is 7. The lowest BCUT2D eigenvalue weighted by molar-refractivity contribution is -0.142. The van der Waals surface area contributed by atoms with Gasteiger partial charge in [0.05, 0.1) is 18.8 Å². The van der Waals surface area contributed by atoms with Crippen LogP contribution in [0.4, 0.5) is 0 Å². The lowest BCUT2D eigenvalue weighted by Crippen LogP contribution is -2.59. The maximum absolute atomic E-state index is 13.2. The number of aliphatic carboxylic acids is 1. The molecule has 0 bridgehead atoms. The van der Waals surface area contributed by atoms with Crippen molar-refractivity contribution in [3.63, 3.8) is 0 Å². The molecule has 4 amide bonds. The van der Waals surface area contributed by atoms with Crippen molar-refractivity contribution in [1.82, 2.24) is 25.9 Å². The Labute approximate surface area is 213 Å². The molecule has 1 aromatic carbocycles. The van der Waals surface area contributed by atoms with Crippen LogP contribution < -0.4 is 27.4 Å². The van der Waals surface area contributed by atoms with Gasteiger partial charge < -0.3 is 37.5 Å². The van der Waals surface area contributed by atoms with Gasteiger partial charge in [-0.2, -0.15) is 0 Å². The molecule has 9 N–H and O–H groups in total. The Morgan fingerprint density at radius 3 is 2.14 bits per heavy atom. The number of carbonyl (C=O) groups excluding carboxylic acids is 4. The number of aromatic nitrogens is 2. The average molecular weight is 516 g/mol. The van der Waals surface area contributed by atoms with Crippen LogP contribution in [0.15, 0.2) is 42.9 Å². The highest BCUT2D eigenvalue weighted by Crippen LogP contribution is 2.08. The quantitative estimate of drug-likeness (QED) is 0.158. The summed E-state index contributed by atoms with van der Waals surface area (Å²) in [6, 6.07) is 4.08. The van der Waals surface area contributed by atoms with Crippen LogP contribution in [0.3, 0.4) is 0 Å². The number of nitrogens with two attached hydrogens (primary N) is 2. The van der Waals surface area contributed by atoms with Gasteiger partial charge in [-0.3, -0.25) is 19.2 Å². The van der Waals surface area contributed by atoms with E-state index in [0.29, 0.717) is 5.69 Å². The van der Waals surface area contributed by atoms with Gasteiger partial charge in [0.25, 0.3) is 0 Å². The van der Waals surface area contributed by atoms with E-state index in [4.69, 9.17) is 11.5 Å². The number of carbonyl (C=O) groups is 5. The lowest BCUT2D eigenvalue weighted by atomic mass is 10.00. The predicted molar refractivity (Wildman–Crippen MR) is 132 cm³/mol. The summed E-state index contributed by atoms with van der Waals surface area (Å²) in [5, 5.41) is 17.2. The number of nitrogens with one attached hydrogen (secondary N) is 4. The smallest absolute Gasteiger partial charge is 0.326 e. The minimum atomic E-state index is -1.28. The third-order valence-corrected chi connectivity index (χ3v) is 5.51. The zero-order valence-electron chi connectivity index (χ0n) is 20.6. The highest BCUT2D eigenvalue weighted by molar-refractivity contribution is 5.95. The van der Waals surface area contributed by atoms with Gasteiger partial charge in [0, 0.05) is 24.7 Å². The second-order valence-corrected chi connectivity index (χ2v) is 8.94. The van der Waals surface area contributed by atoms with Gasteiger partial charge in [-0.1, -0.05) is 44.2 Å². The van der Waals surface area contributed by atoms with Gasteiger partial charge in [-0.05, 0) is 11.5 Å². The summed E-state index contributed by atoms with van der Waals surface area (Å²) >= 11 is 0. The number of carboxylic acid groups (broad SMARTS) is 1. The first-order chi connectivity index (χ1) is 17.5. The normalized spacial score (nSPS) is 14.2. The Balaban J connectivity index is 2.21. The van der Waals surface area contributed by atoms with E-state index < -0.39 is 66.1 Å². The molecule has 0 aliphatic carbocycles.